The maximum absolute atomic E-state index is 12.1. The molecule has 0 unspecified atom stereocenters. The number of aryl methyl sites for hydroxylation is 2. The molecule has 23 heavy (non-hydrogen) atoms. The van der Waals surface area contributed by atoms with E-state index in [-0.39, 0.29) is 5.91 Å². The van der Waals surface area contributed by atoms with Gasteiger partial charge >= 0.3 is 0 Å². The Kier molecular flexibility index (Phi) is 6.54. The van der Waals surface area contributed by atoms with E-state index in [0.717, 1.165) is 32.8 Å². The van der Waals surface area contributed by atoms with E-state index in [9.17, 15) is 4.79 Å². The molecule has 0 aliphatic carbocycles. The van der Waals surface area contributed by atoms with Crippen LogP contribution in [0.3, 0.4) is 0 Å². The van der Waals surface area contributed by atoms with Crippen LogP contribution >= 0.6 is 27.7 Å². The van der Waals surface area contributed by atoms with E-state index in [1.54, 1.807) is 18.9 Å². The first-order valence-electron chi connectivity index (χ1n) is 7.27. The Hall–Kier alpha value is -1.46. The summed E-state index contributed by atoms with van der Waals surface area (Å²) >= 11 is 5.00. The summed E-state index contributed by atoms with van der Waals surface area (Å²) in [4.78, 5) is 12.1. The minimum atomic E-state index is 0.00652. The van der Waals surface area contributed by atoms with Crippen molar-refractivity contribution in [2.45, 2.75) is 19.6 Å². The van der Waals surface area contributed by atoms with Gasteiger partial charge in [-0.05, 0) is 43.7 Å². The highest BCUT2D eigenvalue weighted by Crippen LogP contribution is 2.25. The molecule has 122 valence electrons. The van der Waals surface area contributed by atoms with Crippen LogP contribution in [0.5, 0.6) is 5.75 Å². The van der Waals surface area contributed by atoms with E-state index < -0.39 is 0 Å². The smallest absolute Gasteiger partial charge is 0.234 e. The van der Waals surface area contributed by atoms with Crippen LogP contribution in [0.4, 0.5) is 5.69 Å². The summed E-state index contributed by atoms with van der Waals surface area (Å²) in [7, 11) is 1.67. The molecule has 1 N–H and O–H groups in total. The molecule has 2 rings (SSSR count). The van der Waals surface area contributed by atoms with E-state index >= 15 is 0 Å². The maximum Gasteiger partial charge on any atom is 0.234 e. The van der Waals surface area contributed by atoms with Crippen LogP contribution in [0, 0.1) is 13.8 Å². The number of methoxy groups -OCH3 is 1. The number of carbonyl (C=O) groups excluding carboxylic acids is 1. The van der Waals surface area contributed by atoms with Gasteiger partial charge in [0.2, 0.25) is 5.91 Å². The van der Waals surface area contributed by atoms with Gasteiger partial charge < -0.3 is 10.1 Å². The third kappa shape index (κ3) is 5.29. The van der Waals surface area contributed by atoms with Gasteiger partial charge in [0.25, 0.3) is 0 Å². The van der Waals surface area contributed by atoms with Crippen LogP contribution in [0.15, 0.2) is 40.9 Å². The van der Waals surface area contributed by atoms with Gasteiger partial charge in [0, 0.05) is 21.5 Å². The van der Waals surface area contributed by atoms with Crippen molar-refractivity contribution in [1.82, 2.24) is 0 Å². The molecule has 0 aliphatic rings. The first-order valence-corrected chi connectivity index (χ1v) is 9.21. The standard InChI is InChI=1S/C18H20BrNO2S/c1-12-4-7-17(22-3)14(8-12)10-23-11-18(21)20-16-6-5-15(19)9-13(16)2/h4-9H,10-11H2,1-3H3,(H,20,21). The molecule has 2 aromatic carbocycles. The molecular weight excluding hydrogens is 374 g/mol. The molecular formula is C18H20BrNO2S. The fourth-order valence-corrected chi connectivity index (χ4v) is 3.51. The number of nitrogens with one attached hydrogen (secondary N) is 1. The van der Waals surface area contributed by atoms with E-state index in [2.05, 4.69) is 34.2 Å². The quantitative estimate of drug-likeness (QED) is 0.754. The highest BCUT2D eigenvalue weighted by atomic mass is 79.9. The van der Waals surface area contributed by atoms with Crippen LogP contribution in [0.1, 0.15) is 16.7 Å². The minimum Gasteiger partial charge on any atom is -0.496 e. The monoisotopic (exact) mass is 393 g/mol. The molecule has 0 aromatic heterocycles. The highest BCUT2D eigenvalue weighted by molar-refractivity contribution is 9.10. The number of thioether (sulfide) groups is 1. The Morgan fingerprint density at radius 2 is 2.00 bits per heavy atom. The number of amides is 1. The van der Waals surface area contributed by atoms with Gasteiger partial charge in [-0.25, -0.2) is 0 Å². The lowest BCUT2D eigenvalue weighted by Crippen LogP contribution is -2.15. The molecule has 5 heteroatoms. The van der Waals surface area contributed by atoms with Crippen molar-refractivity contribution in [3.05, 3.63) is 57.6 Å². The topological polar surface area (TPSA) is 38.3 Å². The highest BCUT2D eigenvalue weighted by Gasteiger charge is 2.08. The van der Waals surface area contributed by atoms with E-state index in [1.807, 2.05) is 37.3 Å². The summed E-state index contributed by atoms with van der Waals surface area (Å²) in [6.45, 7) is 4.03. The zero-order valence-corrected chi connectivity index (χ0v) is 15.9. The molecule has 0 saturated heterocycles. The SMILES string of the molecule is COc1ccc(C)cc1CSCC(=O)Nc1ccc(Br)cc1C. The van der Waals surface area contributed by atoms with Crippen LogP contribution in [-0.4, -0.2) is 18.8 Å². The summed E-state index contributed by atoms with van der Waals surface area (Å²) in [5.74, 6) is 2.03. The first-order chi connectivity index (χ1) is 11.0. The van der Waals surface area contributed by atoms with Crippen LogP contribution in [0.25, 0.3) is 0 Å². The maximum atomic E-state index is 12.1. The van der Waals surface area contributed by atoms with Crippen molar-refractivity contribution in [2.75, 3.05) is 18.2 Å². The lowest BCUT2D eigenvalue weighted by Gasteiger charge is -2.10. The Labute approximate surface area is 149 Å². The second-order valence-electron chi connectivity index (χ2n) is 5.32. The van der Waals surface area contributed by atoms with E-state index in [4.69, 9.17) is 4.74 Å². The van der Waals surface area contributed by atoms with Gasteiger partial charge in [-0.2, -0.15) is 0 Å². The summed E-state index contributed by atoms with van der Waals surface area (Å²) in [6, 6.07) is 11.9. The normalized spacial score (nSPS) is 10.4. The predicted molar refractivity (Wildman–Crippen MR) is 101 cm³/mol. The van der Waals surface area contributed by atoms with Crippen LogP contribution < -0.4 is 10.1 Å². The van der Waals surface area contributed by atoms with Gasteiger partial charge in [0.15, 0.2) is 0 Å². The molecule has 0 aliphatic heterocycles. The van der Waals surface area contributed by atoms with Crippen molar-refractivity contribution in [1.29, 1.82) is 0 Å². The first kappa shape index (κ1) is 17.9. The molecule has 0 bridgehead atoms. The van der Waals surface area contributed by atoms with Gasteiger partial charge in [0.1, 0.15) is 5.75 Å². The second-order valence-corrected chi connectivity index (χ2v) is 7.22. The van der Waals surface area contributed by atoms with Gasteiger partial charge in [-0.15, -0.1) is 11.8 Å². The molecule has 2 aromatic rings. The molecule has 0 radical (unpaired) electrons. The number of halogens is 1. The summed E-state index contributed by atoms with van der Waals surface area (Å²) in [5, 5.41) is 2.95. The fraction of sp³-hybridized carbons (Fsp3) is 0.278. The minimum absolute atomic E-state index is 0.00652. The van der Waals surface area contributed by atoms with Gasteiger partial charge in [-0.1, -0.05) is 33.6 Å². The fourth-order valence-electron chi connectivity index (χ4n) is 2.23. The number of carbonyl (C=O) groups is 1. The zero-order valence-electron chi connectivity index (χ0n) is 13.5. The molecule has 0 fully saturated rings. The Balaban J connectivity index is 1.89. The van der Waals surface area contributed by atoms with Crippen molar-refractivity contribution in [3.8, 4) is 5.75 Å². The largest absolute Gasteiger partial charge is 0.496 e. The second kappa shape index (κ2) is 8.41. The third-order valence-electron chi connectivity index (χ3n) is 3.39. The van der Waals surface area contributed by atoms with Gasteiger partial charge in [0.05, 0.1) is 12.9 Å². The average Bonchev–Trinajstić information content (AvgIpc) is 2.50. The Morgan fingerprint density at radius 3 is 2.70 bits per heavy atom. The number of hydrogen-bond acceptors (Lipinski definition) is 3. The Morgan fingerprint density at radius 1 is 1.22 bits per heavy atom. The number of ether oxygens (including phenoxy) is 1. The van der Waals surface area contributed by atoms with Crippen molar-refractivity contribution in [3.63, 3.8) is 0 Å². The van der Waals surface area contributed by atoms with Crippen molar-refractivity contribution < 1.29 is 9.53 Å². The summed E-state index contributed by atoms with van der Waals surface area (Å²) in [6.07, 6.45) is 0. The lowest BCUT2D eigenvalue weighted by molar-refractivity contribution is -0.113. The van der Waals surface area contributed by atoms with Crippen molar-refractivity contribution in [2.24, 2.45) is 0 Å². The molecule has 0 atom stereocenters. The Bertz CT molecular complexity index is 703. The average molecular weight is 394 g/mol. The zero-order chi connectivity index (χ0) is 16.8. The number of anilines is 1. The molecule has 0 saturated carbocycles. The van der Waals surface area contributed by atoms with Crippen LogP contribution in [0.2, 0.25) is 0 Å². The lowest BCUT2D eigenvalue weighted by atomic mass is 10.1. The summed E-state index contributed by atoms with van der Waals surface area (Å²) in [5.41, 5.74) is 4.20. The number of rotatable bonds is 6. The van der Waals surface area contributed by atoms with E-state index in [0.29, 0.717) is 5.75 Å². The van der Waals surface area contributed by atoms with Crippen LogP contribution in [-0.2, 0) is 10.5 Å². The number of hydrogen-bond donors (Lipinski definition) is 1. The summed E-state index contributed by atoms with van der Waals surface area (Å²) < 4.78 is 6.37. The molecule has 0 spiro atoms. The predicted octanol–water partition coefficient (Wildman–Crippen LogP) is 4.95. The molecule has 3 nitrogen and oxygen atoms in total. The molecule has 0 heterocycles. The molecule has 1 amide bonds. The number of benzene rings is 2. The van der Waals surface area contributed by atoms with Crippen molar-refractivity contribution >= 4 is 39.3 Å². The third-order valence-corrected chi connectivity index (χ3v) is 4.86. The van der Waals surface area contributed by atoms with E-state index in [1.165, 1.54) is 5.56 Å². The van der Waals surface area contributed by atoms with Gasteiger partial charge in [-0.3, -0.25) is 4.79 Å².